The van der Waals surface area contributed by atoms with E-state index in [9.17, 15) is 10.1 Å². The van der Waals surface area contributed by atoms with Crippen molar-refractivity contribution in [3.63, 3.8) is 0 Å². The van der Waals surface area contributed by atoms with Gasteiger partial charge >= 0.3 is 0 Å². The molecular weight excluding hydrogens is 172 g/mol. The van der Waals surface area contributed by atoms with Gasteiger partial charge in [0.05, 0.1) is 17.6 Å². The fraction of sp³-hybridized carbons (Fsp3) is 0.143. The van der Waals surface area contributed by atoms with Gasteiger partial charge in [-0.1, -0.05) is 12.2 Å². The van der Waals surface area contributed by atoms with Crippen LogP contribution < -0.4 is 16.9 Å². The fourth-order valence-corrected chi connectivity index (χ4v) is 0.502. The van der Waals surface area contributed by atoms with Crippen LogP contribution in [0, 0.1) is 10.1 Å². The molecule has 0 aromatic rings. The van der Waals surface area contributed by atoms with Gasteiger partial charge in [-0.15, -0.1) is 5.43 Å². The van der Waals surface area contributed by atoms with Gasteiger partial charge in [0.1, 0.15) is 0 Å². The van der Waals surface area contributed by atoms with Gasteiger partial charge < -0.3 is 11.5 Å². The Bertz CT molecular complexity index is 268. The molecular formula is C7H12N4O2. The molecule has 0 unspecified atom stereocenters. The first-order valence-corrected chi connectivity index (χ1v) is 3.53. The number of nitro groups is 1. The van der Waals surface area contributed by atoms with Crippen LogP contribution in [0.1, 0.15) is 6.92 Å². The number of hydrogen-bond donors (Lipinski definition) is 3. The summed E-state index contributed by atoms with van der Waals surface area (Å²) in [7, 11) is 0. The molecule has 0 saturated carbocycles. The quantitative estimate of drug-likeness (QED) is 0.323. The van der Waals surface area contributed by atoms with Crippen LogP contribution in [0.3, 0.4) is 0 Å². The summed E-state index contributed by atoms with van der Waals surface area (Å²) >= 11 is 0. The molecule has 0 aromatic heterocycles. The standard InChI is InChI=1S/C7H12N4O2/c1-2-3-4-6(8)7(9)5-10-11(12)13/h2-5,10H,8-9H2,1H3/b3-2-,6-4+,7-5+. The number of nitrogens with one attached hydrogen (secondary N) is 1. The molecule has 0 saturated heterocycles. The van der Waals surface area contributed by atoms with Crippen LogP contribution in [0.5, 0.6) is 0 Å². The highest BCUT2D eigenvalue weighted by Gasteiger charge is 1.95. The Morgan fingerprint density at radius 3 is 2.54 bits per heavy atom. The molecule has 0 aromatic carbocycles. The van der Waals surface area contributed by atoms with E-state index < -0.39 is 5.03 Å². The van der Waals surface area contributed by atoms with Gasteiger partial charge in [0.25, 0.3) is 0 Å². The molecule has 0 aliphatic carbocycles. The largest absolute Gasteiger partial charge is 0.397 e. The van der Waals surface area contributed by atoms with E-state index >= 15 is 0 Å². The molecule has 13 heavy (non-hydrogen) atoms. The third kappa shape index (κ3) is 5.31. The van der Waals surface area contributed by atoms with Crippen molar-refractivity contribution in [3.05, 3.63) is 45.9 Å². The molecule has 0 aliphatic rings. The first-order chi connectivity index (χ1) is 6.07. The number of nitrogens with two attached hydrogens (primary N) is 2. The van der Waals surface area contributed by atoms with E-state index in [2.05, 4.69) is 0 Å². The second kappa shape index (κ2) is 5.64. The summed E-state index contributed by atoms with van der Waals surface area (Å²) in [6.07, 6.45) is 6.02. The monoisotopic (exact) mass is 184 g/mol. The van der Waals surface area contributed by atoms with Crippen LogP contribution in [-0.4, -0.2) is 5.03 Å². The van der Waals surface area contributed by atoms with Gasteiger partial charge in [0.2, 0.25) is 0 Å². The van der Waals surface area contributed by atoms with Crippen molar-refractivity contribution in [1.29, 1.82) is 0 Å². The molecule has 0 aliphatic heterocycles. The van der Waals surface area contributed by atoms with Crippen molar-refractivity contribution in [3.8, 4) is 0 Å². The van der Waals surface area contributed by atoms with Crippen LogP contribution in [0.4, 0.5) is 0 Å². The number of allylic oxidation sites excluding steroid dienone is 3. The molecule has 72 valence electrons. The Balaban J connectivity index is 4.31. The van der Waals surface area contributed by atoms with Gasteiger partial charge in [0, 0.05) is 0 Å². The highest BCUT2D eigenvalue weighted by Crippen LogP contribution is 1.94. The molecule has 6 heteroatoms. The van der Waals surface area contributed by atoms with Crippen molar-refractivity contribution >= 4 is 0 Å². The minimum atomic E-state index is -0.726. The maximum atomic E-state index is 9.86. The van der Waals surface area contributed by atoms with Crippen LogP contribution in [0.25, 0.3) is 0 Å². The van der Waals surface area contributed by atoms with Gasteiger partial charge in [-0.25, -0.2) is 10.1 Å². The highest BCUT2D eigenvalue weighted by atomic mass is 16.7. The number of nitrogens with zero attached hydrogens (tertiary/aromatic N) is 1. The third-order valence-electron chi connectivity index (χ3n) is 1.13. The summed E-state index contributed by atoms with van der Waals surface area (Å²) in [6.45, 7) is 1.82. The summed E-state index contributed by atoms with van der Waals surface area (Å²) < 4.78 is 0. The minimum absolute atomic E-state index is 0.120. The molecule has 0 rings (SSSR count). The lowest BCUT2D eigenvalue weighted by Crippen LogP contribution is -2.19. The zero-order chi connectivity index (χ0) is 10.3. The highest BCUT2D eigenvalue weighted by molar-refractivity contribution is 5.27. The second-order valence-electron chi connectivity index (χ2n) is 2.13. The SMILES string of the molecule is C\C=C/C=C(N)\C(N)=C/N[N+](=O)[O-]. The zero-order valence-electron chi connectivity index (χ0n) is 7.23. The Morgan fingerprint density at radius 1 is 1.46 bits per heavy atom. The Morgan fingerprint density at radius 2 is 2.08 bits per heavy atom. The van der Waals surface area contributed by atoms with E-state index in [1.165, 1.54) is 0 Å². The van der Waals surface area contributed by atoms with Crippen LogP contribution in [0.15, 0.2) is 35.8 Å². The molecule has 0 heterocycles. The van der Waals surface area contributed by atoms with E-state index in [-0.39, 0.29) is 11.4 Å². The second-order valence-corrected chi connectivity index (χ2v) is 2.13. The van der Waals surface area contributed by atoms with Crippen molar-refractivity contribution < 1.29 is 5.03 Å². The first-order valence-electron chi connectivity index (χ1n) is 3.53. The van der Waals surface area contributed by atoms with Crippen LogP contribution in [-0.2, 0) is 0 Å². The minimum Gasteiger partial charge on any atom is -0.397 e. The zero-order valence-corrected chi connectivity index (χ0v) is 7.23. The summed E-state index contributed by atoms with van der Waals surface area (Å²) in [4.78, 5) is 9.86. The first kappa shape index (κ1) is 11.0. The van der Waals surface area contributed by atoms with Crippen molar-refractivity contribution in [2.75, 3.05) is 0 Å². The summed E-state index contributed by atoms with van der Waals surface area (Å²) in [6, 6.07) is 0. The molecule has 0 bridgehead atoms. The van der Waals surface area contributed by atoms with E-state index in [0.717, 1.165) is 6.20 Å². The molecule has 0 amide bonds. The average molecular weight is 184 g/mol. The molecule has 0 spiro atoms. The summed E-state index contributed by atoms with van der Waals surface area (Å²) in [5.74, 6) is 0. The normalized spacial score (nSPS) is 13.3. The van der Waals surface area contributed by atoms with E-state index in [1.807, 2.05) is 6.92 Å². The van der Waals surface area contributed by atoms with Crippen LogP contribution >= 0.6 is 0 Å². The maximum Gasteiger partial charge on any atom is 0.162 e. The third-order valence-corrected chi connectivity index (χ3v) is 1.13. The summed E-state index contributed by atoms with van der Waals surface area (Å²) in [5.41, 5.74) is 13.0. The lowest BCUT2D eigenvalue weighted by atomic mass is 10.3. The molecule has 5 N–H and O–H groups in total. The molecule has 0 atom stereocenters. The Hall–Kier alpha value is -1.98. The number of rotatable bonds is 4. The Labute approximate surface area is 75.7 Å². The molecule has 6 nitrogen and oxygen atoms in total. The van der Waals surface area contributed by atoms with Gasteiger partial charge in [-0.2, -0.15) is 0 Å². The van der Waals surface area contributed by atoms with Crippen molar-refractivity contribution in [2.24, 2.45) is 11.5 Å². The predicted octanol–water partition coefficient (Wildman–Crippen LogP) is -0.0135. The van der Waals surface area contributed by atoms with E-state index in [0.29, 0.717) is 0 Å². The fourth-order valence-electron chi connectivity index (χ4n) is 0.502. The maximum absolute atomic E-state index is 9.86. The molecule has 0 fully saturated rings. The lowest BCUT2D eigenvalue weighted by Gasteiger charge is -1.98. The van der Waals surface area contributed by atoms with Gasteiger partial charge in [-0.3, -0.25) is 0 Å². The summed E-state index contributed by atoms with van der Waals surface area (Å²) in [5, 5.41) is 9.13. The lowest BCUT2D eigenvalue weighted by molar-refractivity contribution is -0.532. The van der Waals surface area contributed by atoms with Gasteiger partial charge in [0.15, 0.2) is 5.03 Å². The Kier molecular flexibility index (Phi) is 4.78. The van der Waals surface area contributed by atoms with Crippen molar-refractivity contribution in [1.82, 2.24) is 5.43 Å². The van der Waals surface area contributed by atoms with E-state index in [4.69, 9.17) is 11.5 Å². The van der Waals surface area contributed by atoms with Crippen LogP contribution in [0.2, 0.25) is 0 Å². The average Bonchev–Trinajstić information content (AvgIpc) is 2.10. The number of hydrazine groups is 1. The smallest absolute Gasteiger partial charge is 0.162 e. The van der Waals surface area contributed by atoms with Gasteiger partial charge in [-0.05, 0) is 13.0 Å². The van der Waals surface area contributed by atoms with E-state index in [1.54, 1.807) is 23.7 Å². The predicted molar refractivity (Wildman–Crippen MR) is 49.5 cm³/mol. The van der Waals surface area contributed by atoms with Crippen molar-refractivity contribution in [2.45, 2.75) is 6.92 Å². The molecule has 0 radical (unpaired) electrons. The number of hydrogen-bond acceptors (Lipinski definition) is 4. The topological polar surface area (TPSA) is 107 Å².